The number of para-hydroxylation sites is 1. The SMILES string of the molecule is CNC(=O)c1ccccc1NC(=O)Cc1csc(-c2ccsc2)n1. The largest absolute Gasteiger partial charge is 0.355 e. The van der Waals surface area contributed by atoms with Gasteiger partial charge in [0.1, 0.15) is 5.01 Å². The average Bonchev–Trinajstić information content (AvgIpc) is 3.25. The molecular weight excluding hydrogens is 342 g/mol. The fraction of sp³-hybridized carbons (Fsp3) is 0.118. The number of hydrogen-bond acceptors (Lipinski definition) is 5. The third-order valence-electron chi connectivity index (χ3n) is 3.33. The lowest BCUT2D eigenvalue weighted by Gasteiger charge is -2.09. The van der Waals surface area contributed by atoms with Gasteiger partial charge in [0.15, 0.2) is 0 Å². The highest BCUT2D eigenvalue weighted by Gasteiger charge is 2.13. The summed E-state index contributed by atoms with van der Waals surface area (Å²) in [5.41, 5.74) is 2.72. The van der Waals surface area contributed by atoms with Gasteiger partial charge < -0.3 is 10.6 Å². The minimum atomic E-state index is -0.237. The smallest absolute Gasteiger partial charge is 0.253 e. The van der Waals surface area contributed by atoms with Gasteiger partial charge in [-0.2, -0.15) is 11.3 Å². The molecule has 3 rings (SSSR count). The normalized spacial score (nSPS) is 10.4. The Morgan fingerprint density at radius 2 is 2.00 bits per heavy atom. The van der Waals surface area contributed by atoms with Crippen LogP contribution in [0.4, 0.5) is 5.69 Å². The van der Waals surface area contributed by atoms with Gasteiger partial charge in [0.05, 0.1) is 23.4 Å². The summed E-state index contributed by atoms with van der Waals surface area (Å²) >= 11 is 3.13. The molecular formula is C17H15N3O2S2. The van der Waals surface area contributed by atoms with E-state index >= 15 is 0 Å². The highest BCUT2D eigenvalue weighted by Crippen LogP contribution is 2.26. The van der Waals surface area contributed by atoms with E-state index in [0.717, 1.165) is 16.3 Å². The summed E-state index contributed by atoms with van der Waals surface area (Å²) < 4.78 is 0. The van der Waals surface area contributed by atoms with Gasteiger partial charge in [0.2, 0.25) is 5.91 Å². The van der Waals surface area contributed by atoms with Crippen LogP contribution in [0.2, 0.25) is 0 Å². The number of aromatic nitrogens is 1. The first-order valence-electron chi connectivity index (χ1n) is 7.25. The summed E-state index contributed by atoms with van der Waals surface area (Å²) in [4.78, 5) is 28.6. The van der Waals surface area contributed by atoms with Crippen LogP contribution in [-0.2, 0) is 11.2 Å². The monoisotopic (exact) mass is 357 g/mol. The Morgan fingerprint density at radius 3 is 2.75 bits per heavy atom. The molecule has 1 aromatic carbocycles. The molecule has 2 heterocycles. The molecule has 0 aliphatic rings. The van der Waals surface area contributed by atoms with Crippen LogP contribution in [0.15, 0.2) is 46.5 Å². The molecule has 0 fully saturated rings. The van der Waals surface area contributed by atoms with Gasteiger partial charge in [-0.3, -0.25) is 9.59 Å². The average molecular weight is 357 g/mol. The Hall–Kier alpha value is -2.51. The molecule has 2 N–H and O–H groups in total. The molecule has 122 valence electrons. The minimum Gasteiger partial charge on any atom is -0.355 e. The maximum atomic E-state index is 12.3. The molecule has 7 heteroatoms. The van der Waals surface area contributed by atoms with Crippen molar-refractivity contribution in [3.63, 3.8) is 0 Å². The molecule has 0 saturated heterocycles. The second-order valence-electron chi connectivity index (χ2n) is 5.01. The number of carbonyl (C=O) groups is 2. The number of hydrogen-bond donors (Lipinski definition) is 2. The Morgan fingerprint density at radius 1 is 1.17 bits per heavy atom. The van der Waals surface area contributed by atoms with Gasteiger partial charge >= 0.3 is 0 Å². The highest BCUT2D eigenvalue weighted by atomic mass is 32.1. The number of anilines is 1. The molecule has 2 aromatic heterocycles. The fourth-order valence-corrected chi connectivity index (χ4v) is 3.72. The van der Waals surface area contributed by atoms with Gasteiger partial charge in [-0.05, 0) is 23.6 Å². The van der Waals surface area contributed by atoms with Crippen LogP contribution in [0.1, 0.15) is 16.1 Å². The van der Waals surface area contributed by atoms with Crippen molar-refractivity contribution < 1.29 is 9.59 Å². The van der Waals surface area contributed by atoms with Gasteiger partial charge in [0.25, 0.3) is 5.91 Å². The molecule has 0 unspecified atom stereocenters. The summed E-state index contributed by atoms with van der Waals surface area (Å²) in [5, 5.41) is 12.2. The second kappa shape index (κ2) is 7.37. The van der Waals surface area contributed by atoms with E-state index in [1.165, 1.54) is 11.3 Å². The number of rotatable bonds is 5. The van der Waals surface area contributed by atoms with Gasteiger partial charge in [-0.1, -0.05) is 12.1 Å². The molecule has 0 aliphatic carbocycles. The summed E-state index contributed by atoms with van der Waals surface area (Å²) in [6.45, 7) is 0. The van der Waals surface area contributed by atoms with Crippen LogP contribution in [0.25, 0.3) is 10.6 Å². The maximum Gasteiger partial charge on any atom is 0.253 e. The van der Waals surface area contributed by atoms with E-state index < -0.39 is 0 Å². The van der Waals surface area contributed by atoms with E-state index in [9.17, 15) is 9.59 Å². The lowest BCUT2D eigenvalue weighted by molar-refractivity contribution is -0.115. The first-order chi connectivity index (χ1) is 11.7. The van der Waals surface area contributed by atoms with Crippen LogP contribution in [0.5, 0.6) is 0 Å². The molecule has 0 saturated carbocycles. The quantitative estimate of drug-likeness (QED) is 0.735. The van der Waals surface area contributed by atoms with Crippen molar-refractivity contribution >= 4 is 40.2 Å². The second-order valence-corrected chi connectivity index (χ2v) is 6.64. The summed E-state index contributed by atoms with van der Waals surface area (Å²) in [5.74, 6) is -0.437. The molecule has 0 aliphatic heterocycles. The number of thiazole rings is 1. The number of nitrogens with zero attached hydrogens (tertiary/aromatic N) is 1. The van der Waals surface area contributed by atoms with Crippen LogP contribution in [-0.4, -0.2) is 23.8 Å². The molecule has 24 heavy (non-hydrogen) atoms. The summed E-state index contributed by atoms with van der Waals surface area (Å²) in [6, 6.07) is 8.92. The number of thiophene rings is 1. The lowest BCUT2D eigenvalue weighted by Crippen LogP contribution is -2.22. The van der Waals surface area contributed by atoms with Crippen LogP contribution >= 0.6 is 22.7 Å². The number of nitrogens with one attached hydrogen (secondary N) is 2. The van der Waals surface area contributed by atoms with Crippen molar-refractivity contribution in [3.8, 4) is 10.6 Å². The standard InChI is InChI=1S/C17H15N3O2S2/c1-18-16(22)13-4-2-3-5-14(13)20-15(21)8-12-10-24-17(19-12)11-6-7-23-9-11/h2-7,9-10H,8H2,1H3,(H,18,22)(H,20,21). The molecule has 0 bridgehead atoms. The zero-order valence-corrected chi connectivity index (χ0v) is 14.5. The number of benzene rings is 1. The Balaban J connectivity index is 1.70. The van der Waals surface area contributed by atoms with Crippen LogP contribution < -0.4 is 10.6 Å². The van der Waals surface area contributed by atoms with E-state index in [1.807, 2.05) is 22.2 Å². The first-order valence-corrected chi connectivity index (χ1v) is 9.07. The van der Waals surface area contributed by atoms with E-state index in [1.54, 1.807) is 42.6 Å². The van der Waals surface area contributed by atoms with E-state index in [0.29, 0.717) is 11.3 Å². The van der Waals surface area contributed by atoms with E-state index in [4.69, 9.17) is 0 Å². The third kappa shape index (κ3) is 3.69. The summed E-state index contributed by atoms with van der Waals surface area (Å²) in [6.07, 6.45) is 0.169. The first kappa shape index (κ1) is 16.4. The predicted octanol–water partition coefficient (Wildman–Crippen LogP) is 3.41. The van der Waals surface area contributed by atoms with Gasteiger partial charge in [0, 0.05) is 23.4 Å². The zero-order chi connectivity index (χ0) is 16.9. The molecule has 0 atom stereocenters. The molecule has 0 radical (unpaired) electrons. The Bertz CT molecular complexity index is 856. The lowest BCUT2D eigenvalue weighted by atomic mass is 10.1. The van der Waals surface area contributed by atoms with Crippen molar-refractivity contribution in [2.75, 3.05) is 12.4 Å². The van der Waals surface area contributed by atoms with Crippen molar-refractivity contribution in [1.29, 1.82) is 0 Å². The van der Waals surface area contributed by atoms with Crippen molar-refractivity contribution in [1.82, 2.24) is 10.3 Å². The summed E-state index contributed by atoms with van der Waals surface area (Å²) in [7, 11) is 1.56. The molecule has 0 spiro atoms. The molecule has 2 amide bonds. The predicted molar refractivity (Wildman–Crippen MR) is 97.6 cm³/mol. The third-order valence-corrected chi connectivity index (χ3v) is 4.96. The van der Waals surface area contributed by atoms with Gasteiger partial charge in [-0.25, -0.2) is 4.98 Å². The van der Waals surface area contributed by atoms with Crippen molar-refractivity contribution in [2.45, 2.75) is 6.42 Å². The van der Waals surface area contributed by atoms with Crippen molar-refractivity contribution in [2.24, 2.45) is 0 Å². The van der Waals surface area contributed by atoms with E-state index in [-0.39, 0.29) is 18.2 Å². The van der Waals surface area contributed by atoms with Crippen LogP contribution in [0.3, 0.4) is 0 Å². The minimum absolute atomic E-state index is 0.169. The fourth-order valence-electron chi connectivity index (χ4n) is 2.19. The Kier molecular flexibility index (Phi) is 5.02. The molecule has 3 aromatic rings. The Labute approximate surface area is 147 Å². The van der Waals surface area contributed by atoms with Crippen LogP contribution in [0, 0.1) is 0 Å². The number of carbonyl (C=O) groups excluding carboxylic acids is 2. The van der Waals surface area contributed by atoms with Gasteiger partial charge in [-0.15, -0.1) is 11.3 Å². The number of amides is 2. The maximum absolute atomic E-state index is 12.3. The molecule has 5 nitrogen and oxygen atoms in total. The highest BCUT2D eigenvalue weighted by molar-refractivity contribution is 7.14. The zero-order valence-electron chi connectivity index (χ0n) is 12.9. The van der Waals surface area contributed by atoms with Crippen molar-refractivity contribution in [3.05, 3.63) is 57.7 Å². The van der Waals surface area contributed by atoms with E-state index in [2.05, 4.69) is 15.6 Å². The topological polar surface area (TPSA) is 71.1 Å².